The molecule has 0 aromatic carbocycles. The molecule has 0 amide bonds. The second-order valence-electron chi connectivity index (χ2n) is 6.33. The summed E-state index contributed by atoms with van der Waals surface area (Å²) in [5.41, 5.74) is 5.30. The summed E-state index contributed by atoms with van der Waals surface area (Å²) < 4.78 is 0. The standard InChI is InChI=1S/C13H24O2.C7H18N2O/c1-2-3-4-5-6-7-8-9-10-11-12-13(14)15;8-4-1-2-5-9-6-3-7-10/h11-12H,2-10H2,1H3,(H,14,15);9-10H,1-8H2. The molecule has 0 radical (unpaired) electrons. The van der Waals surface area contributed by atoms with E-state index in [1.54, 1.807) is 6.08 Å². The number of aliphatic hydroxyl groups is 1. The number of aliphatic carboxylic acids is 1. The van der Waals surface area contributed by atoms with Crippen molar-refractivity contribution >= 4 is 5.97 Å². The Kier molecular flexibility index (Phi) is 26.7. The van der Waals surface area contributed by atoms with Gasteiger partial charge in [0.2, 0.25) is 0 Å². The van der Waals surface area contributed by atoms with Gasteiger partial charge in [0.15, 0.2) is 0 Å². The molecular formula is C20H42N2O3. The topological polar surface area (TPSA) is 95.6 Å². The molecule has 0 fully saturated rings. The third-order valence-corrected chi connectivity index (χ3v) is 3.80. The minimum absolute atomic E-state index is 0.282. The molecule has 0 spiro atoms. The van der Waals surface area contributed by atoms with Crippen molar-refractivity contribution in [3.8, 4) is 0 Å². The molecule has 25 heavy (non-hydrogen) atoms. The second-order valence-corrected chi connectivity index (χ2v) is 6.33. The Balaban J connectivity index is 0. The Morgan fingerprint density at radius 3 is 2.08 bits per heavy atom. The number of nitrogens with one attached hydrogen (secondary N) is 1. The lowest BCUT2D eigenvalue weighted by atomic mass is 10.1. The largest absolute Gasteiger partial charge is 0.478 e. The van der Waals surface area contributed by atoms with Crippen molar-refractivity contribution in [1.29, 1.82) is 0 Å². The molecule has 0 rings (SSSR count). The lowest BCUT2D eigenvalue weighted by Gasteiger charge is -2.00. The summed E-state index contributed by atoms with van der Waals surface area (Å²) in [6.45, 7) is 5.23. The Morgan fingerprint density at radius 1 is 0.920 bits per heavy atom. The van der Waals surface area contributed by atoms with Crippen molar-refractivity contribution in [2.45, 2.75) is 84.0 Å². The molecule has 5 N–H and O–H groups in total. The minimum atomic E-state index is -0.838. The number of carbonyl (C=O) groups is 1. The van der Waals surface area contributed by atoms with Gasteiger partial charge in [0, 0.05) is 12.7 Å². The van der Waals surface area contributed by atoms with Gasteiger partial charge in [-0.3, -0.25) is 0 Å². The van der Waals surface area contributed by atoms with E-state index in [1.165, 1.54) is 51.0 Å². The molecule has 0 aliphatic heterocycles. The Hall–Kier alpha value is -0.910. The van der Waals surface area contributed by atoms with E-state index >= 15 is 0 Å². The number of hydrogen-bond donors (Lipinski definition) is 4. The van der Waals surface area contributed by atoms with Gasteiger partial charge in [0.05, 0.1) is 0 Å². The first-order valence-corrected chi connectivity index (χ1v) is 10.1. The zero-order chi connectivity index (χ0) is 19.0. The normalized spacial score (nSPS) is 10.7. The van der Waals surface area contributed by atoms with Crippen molar-refractivity contribution in [2.24, 2.45) is 5.73 Å². The number of allylic oxidation sites excluding steroid dienone is 1. The number of nitrogens with two attached hydrogens (primary N) is 1. The van der Waals surface area contributed by atoms with Crippen LogP contribution in [0.1, 0.15) is 84.0 Å². The molecule has 0 saturated heterocycles. The smallest absolute Gasteiger partial charge is 0.327 e. The van der Waals surface area contributed by atoms with Gasteiger partial charge in [-0.05, 0) is 51.7 Å². The van der Waals surface area contributed by atoms with E-state index in [9.17, 15) is 4.79 Å². The predicted molar refractivity (Wildman–Crippen MR) is 107 cm³/mol. The lowest BCUT2D eigenvalue weighted by Crippen LogP contribution is -2.18. The van der Waals surface area contributed by atoms with E-state index in [4.69, 9.17) is 15.9 Å². The maximum absolute atomic E-state index is 10.1. The van der Waals surface area contributed by atoms with Crippen LogP contribution in [0.4, 0.5) is 0 Å². The summed E-state index contributed by atoms with van der Waals surface area (Å²) in [7, 11) is 0. The van der Waals surface area contributed by atoms with Crippen molar-refractivity contribution in [1.82, 2.24) is 5.32 Å². The fraction of sp³-hybridized carbons (Fsp3) is 0.850. The van der Waals surface area contributed by atoms with Crippen LogP contribution in [0.25, 0.3) is 0 Å². The van der Waals surface area contributed by atoms with E-state index < -0.39 is 5.97 Å². The maximum Gasteiger partial charge on any atom is 0.327 e. The van der Waals surface area contributed by atoms with Gasteiger partial charge in [-0.15, -0.1) is 0 Å². The van der Waals surface area contributed by atoms with Crippen LogP contribution in [0.5, 0.6) is 0 Å². The highest BCUT2D eigenvalue weighted by Gasteiger charge is 1.91. The molecule has 0 aliphatic rings. The SMILES string of the molecule is CCCCCCCCCCC=CC(=O)O.NCCCCNCCCO. The van der Waals surface area contributed by atoms with Gasteiger partial charge in [0.25, 0.3) is 0 Å². The van der Waals surface area contributed by atoms with Crippen LogP contribution < -0.4 is 11.1 Å². The Bertz CT molecular complexity index is 276. The van der Waals surface area contributed by atoms with Gasteiger partial charge in [-0.25, -0.2) is 4.79 Å². The van der Waals surface area contributed by atoms with Gasteiger partial charge in [0.1, 0.15) is 0 Å². The number of aliphatic hydroxyl groups excluding tert-OH is 1. The second kappa shape index (κ2) is 25.3. The van der Waals surface area contributed by atoms with Gasteiger partial charge in [-0.2, -0.15) is 0 Å². The molecule has 0 aliphatic carbocycles. The van der Waals surface area contributed by atoms with Crippen LogP contribution in [0.15, 0.2) is 12.2 Å². The van der Waals surface area contributed by atoms with Gasteiger partial charge in [-0.1, -0.05) is 57.9 Å². The zero-order valence-corrected chi connectivity index (χ0v) is 16.3. The number of rotatable bonds is 17. The fourth-order valence-electron chi connectivity index (χ4n) is 2.30. The monoisotopic (exact) mass is 358 g/mol. The molecule has 150 valence electrons. The van der Waals surface area contributed by atoms with Crippen molar-refractivity contribution in [2.75, 3.05) is 26.2 Å². The molecule has 0 heterocycles. The van der Waals surface area contributed by atoms with Crippen LogP contribution >= 0.6 is 0 Å². The summed E-state index contributed by atoms with van der Waals surface area (Å²) in [6, 6.07) is 0. The van der Waals surface area contributed by atoms with Gasteiger partial charge >= 0.3 is 5.97 Å². The van der Waals surface area contributed by atoms with E-state index in [1.807, 2.05) is 0 Å². The highest BCUT2D eigenvalue weighted by molar-refractivity contribution is 5.79. The summed E-state index contributed by atoms with van der Waals surface area (Å²) in [4.78, 5) is 10.1. The summed E-state index contributed by atoms with van der Waals surface area (Å²) in [5, 5.41) is 20.0. The molecular weight excluding hydrogens is 316 g/mol. The number of unbranched alkanes of at least 4 members (excludes halogenated alkanes) is 9. The van der Waals surface area contributed by atoms with Crippen LogP contribution in [-0.4, -0.2) is 42.4 Å². The minimum Gasteiger partial charge on any atom is -0.478 e. The first-order chi connectivity index (χ1) is 12.2. The molecule has 0 unspecified atom stereocenters. The van der Waals surface area contributed by atoms with Crippen LogP contribution in [-0.2, 0) is 4.79 Å². The van der Waals surface area contributed by atoms with E-state index in [0.29, 0.717) is 0 Å². The van der Waals surface area contributed by atoms with Crippen molar-refractivity contribution in [3.05, 3.63) is 12.2 Å². The molecule has 0 aromatic heterocycles. The molecule has 0 atom stereocenters. The first-order valence-electron chi connectivity index (χ1n) is 10.1. The maximum atomic E-state index is 10.1. The third kappa shape index (κ3) is 31.4. The third-order valence-electron chi connectivity index (χ3n) is 3.80. The van der Waals surface area contributed by atoms with Gasteiger partial charge < -0.3 is 21.3 Å². The van der Waals surface area contributed by atoms with Crippen LogP contribution in [0.2, 0.25) is 0 Å². The van der Waals surface area contributed by atoms with Crippen molar-refractivity contribution in [3.63, 3.8) is 0 Å². The average molecular weight is 359 g/mol. The lowest BCUT2D eigenvalue weighted by molar-refractivity contribution is -0.131. The van der Waals surface area contributed by atoms with E-state index in [-0.39, 0.29) is 6.61 Å². The number of carboxylic acids is 1. The molecule has 0 bridgehead atoms. The Morgan fingerprint density at radius 2 is 1.52 bits per heavy atom. The predicted octanol–water partition coefficient (Wildman–Crippen LogP) is 3.86. The molecule has 5 nitrogen and oxygen atoms in total. The highest BCUT2D eigenvalue weighted by Crippen LogP contribution is 2.09. The van der Waals surface area contributed by atoms with Crippen LogP contribution in [0, 0.1) is 0 Å². The number of carboxylic acid groups (broad SMARTS) is 1. The quantitative estimate of drug-likeness (QED) is 0.234. The molecule has 5 heteroatoms. The fourth-order valence-corrected chi connectivity index (χ4v) is 2.30. The van der Waals surface area contributed by atoms with E-state index in [0.717, 1.165) is 51.7 Å². The highest BCUT2D eigenvalue weighted by atomic mass is 16.4. The summed E-state index contributed by atoms with van der Waals surface area (Å²) in [6.07, 6.45) is 17.4. The first kappa shape index (κ1) is 26.3. The molecule has 0 aromatic rings. The number of hydrogen-bond acceptors (Lipinski definition) is 4. The summed E-state index contributed by atoms with van der Waals surface area (Å²) >= 11 is 0. The van der Waals surface area contributed by atoms with E-state index in [2.05, 4.69) is 12.2 Å². The molecule has 0 saturated carbocycles. The zero-order valence-electron chi connectivity index (χ0n) is 16.3. The Labute approximate surface area is 155 Å². The summed E-state index contributed by atoms with van der Waals surface area (Å²) in [5.74, 6) is -0.838. The average Bonchev–Trinajstić information content (AvgIpc) is 2.60. The van der Waals surface area contributed by atoms with Crippen molar-refractivity contribution < 1.29 is 15.0 Å². The van der Waals surface area contributed by atoms with Crippen LogP contribution in [0.3, 0.4) is 0 Å².